The Morgan fingerprint density at radius 1 is 1.32 bits per heavy atom. The van der Waals surface area contributed by atoms with Crippen molar-refractivity contribution >= 4 is 17.4 Å². The van der Waals surface area contributed by atoms with Gasteiger partial charge in [0.25, 0.3) is 5.69 Å². The molecule has 2 bridgehead atoms. The first kappa shape index (κ1) is 15.4. The summed E-state index contributed by atoms with van der Waals surface area (Å²) in [5.41, 5.74) is 1.57. The third-order valence-electron chi connectivity index (χ3n) is 4.73. The lowest BCUT2D eigenvalue weighted by molar-refractivity contribution is -0.385. The molecule has 4 rings (SSSR count). The van der Waals surface area contributed by atoms with Crippen molar-refractivity contribution in [2.45, 2.75) is 32.0 Å². The minimum atomic E-state index is -0.857. The molecule has 0 saturated carbocycles. The molecule has 1 N–H and O–H groups in total. The number of nitro benzene ring substituents is 1. The molecule has 2 aliphatic rings. The van der Waals surface area contributed by atoms with Crippen LogP contribution in [0.15, 0.2) is 42.5 Å². The number of carbonyl (C=O) groups is 1. The van der Waals surface area contributed by atoms with Crippen molar-refractivity contribution in [2.24, 2.45) is 0 Å². The normalized spacial score (nSPS) is 24.2. The van der Waals surface area contributed by atoms with E-state index in [1.807, 2.05) is 38.1 Å². The molecule has 2 aromatic carbocycles. The molecule has 2 amide bonds. The van der Waals surface area contributed by atoms with Crippen LogP contribution in [0.3, 0.4) is 0 Å². The summed E-state index contributed by atoms with van der Waals surface area (Å²) in [6.07, 6.45) is 0.501. The van der Waals surface area contributed by atoms with Gasteiger partial charge in [0.05, 0.1) is 11.0 Å². The number of fused-ring (bicyclic) bond motifs is 4. The number of ether oxygens (including phenoxy) is 1. The summed E-state index contributed by atoms with van der Waals surface area (Å²) in [4.78, 5) is 24.9. The van der Waals surface area contributed by atoms with Gasteiger partial charge in [-0.1, -0.05) is 12.1 Å². The number of anilines is 1. The zero-order valence-electron chi connectivity index (χ0n) is 13.9. The lowest BCUT2D eigenvalue weighted by Gasteiger charge is -2.50. The lowest BCUT2D eigenvalue weighted by Crippen LogP contribution is -2.65. The number of carbonyl (C=O) groups excluding carboxylic acids is 1. The number of non-ortho nitro benzene ring substituents is 1. The monoisotopic (exact) mass is 339 g/mol. The highest BCUT2D eigenvalue weighted by Gasteiger charge is 2.50. The predicted molar refractivity (Wildman–Crippen MR) is 91.7 cm³/mol. The summed E-state index contributed by atoms with van der Waals surface area (Å²) in [5, 5.41) is 14.0. The van der Waals surface area contributed by atoms with E-state index in [0.717, 1.165) is 11.3 Å². The van der Waals surface area contributed by atoms with Gasteiger partial charge in [-0.3, -0.25) is 15.0 Å². The van der Waals surface area contributed by atoms with Gasteiger partial charge in [-0.15, -0.1) is 0 Å². The summed E-state index contributed by atoms with van der Waals surface area (Å²) in [5.74, 6) is 0.557. The fourth-order valence-electron chi connectivity index (χ4n) is 3.63. The SMILES string of the molecule is Cc1cccc(N2C(=O)N[C@H]3C[C@@]2(C)Oc2ccc([N+](=O)[O-])cc23)c1. The first-order valence-electron chi connectivity index (χ1n) is 8.02. The lowest BCUT2D eigenvalue weighted by atomic mass is 9.90. The van der Waals surface area contributed by atoms with E-state index in [9.17, 15) is 14.9 Å². The number of rotatable bonds is 2. The van der Waals surface area contributed by atoms with Crippen LogP contribution in [0, 0.1) is 17.0 Å². The molecule has 0 unspecified atom stereocenters. The van der Waals surface area contributed by atoms with Crippen LogP contribution >= 0.6 is 0 Å². The Labute approximate surface area is 144 Å². The molecule has 128 valence electrons. The van der Waals surface area contributed by atoms with Crippen LogP contribution in [0.5, 0.6) is 5.75 Å². The van der Waals surface area contributed by atoms with E-state index in [-0.39, 0.29) is 17.8 Å². The standard InChI is InChI=1S/C18H17N3O4/c1-11-4-3-5-12(8-11)20-17(22)19-15-10-18(20,2)25-16-7-6-13(21(23)24)9-14(15)16/h3-9,15H,10H2,1-2H3,(H,19,22)/t15-,18+/m0/s1. The van der Waals surface area contributed by atoms with Gasteiger partial charge in [-0.25, -0.2) is 4.79 Å². The van der Waals surface area contributed by atoms with Crippen LogP contribution in [0.2, 0.25) is 0 Å². The third kappa shape index (κ3) is 2.39. The number of urea groups is 1. The molecule has 1 fully saturated rings. The minimum absolute atomic E-state index is 0.0127. The highest BCUT2D eigenvalue weighted by atomic mass is 16.6. The average Bonchev–Trinajstić information content (AvgIpc) is 2.53. The van der Waals surface area contributed by atoms with Gasteiger partial charge in [0.1, 0.15) is 5.75 Å². The smallest absolute Gasteiger partial charge is 0.325 e. The highest BCUT2D eigenvalue weighted by Crippen LogP contribution is 2.46. The second-order valence-electron chi connectivity index (χ2n) is 6.64. The van der Waals surface area contributed by atoms with E-state index in [1.54, 1.807) is 11.0 Å². The second-order valence-corrected chi connectivity index (χ2v) is 6.64. The van der Waals surface area contributed by atoms with E-state index in [1.165, 1.54) is 12.1 Å². The maximum absolute atomic E-state index is 12.8. The Balaban J connectivity index is 1.79. The van der Waals surface area contributed by atoms with Crippen molar-refractivity contribution in [1.82, 2.24) is 5.32 Å². The fraction of sp³-hybridized carbons (Fsp3) is 0.278. The van der Waals surface area contributed by atoms with Crippen molar-refractivity contribution in [3.05, 3.63) is 63.7 Å². The van der Waals surface area contributed by atoms with E-state index in [0.29, 0.717) is 17.7 Å². The van der Waals surface area contributed by atoms with Crippen LogP contribution in [-0.2, 0) is 0 Å². The first-order valence-corrected chi connectivity index (χ1v) is 8.02. The van der Waals surface area contributed by atoms with Crippen LogP contribution in [0.1, 0.15) is 30.5 Å². The largest absolute Gasteiger partial charge is 0.467 e. The first-order chi connectivity index (χ1) is 11.9. The van der Waals surface area contributed by atoms with Crippen LogP contribution in [0.4, 0.5) is 16.2 Å². The summed E-state index contributed by atoms with van der Waals surface area (Å²) in [6, 6.07) is 11.6. The van der Waals surface area contributed by atoms with Gasteiger partial charge < -0.3 is 10.1 Å². The van der Waals surface area contributed by atoms with E-state index in [4.69, 9.17) is 4.74 Å². The van der Waals surface area contributed by atoms with Crippen molar-refractivity contribution in [1.29, 1.82) is 0 Å². The topological polar surface area (TPSA) is 84.7 Å². The maximum atomic E-state index is 12.8. The Kier molecular flexibility index (Phi) is 3.21. The fourth-order valence-corrected chi connectivity index (χ4v) is 3.63. The van der Waals surface area contributed by atoms with E-state index in [2.05, 4.69) is 5.32 Å². The van der Waals surface area contributed by atoms with E-state index >= 15 is 0 Å². The number of hydrogen-bond acceptors (Lipinski definition) is 4. The molecule has 2 aliphatic heterocycles. The molecule has 0 spiro atoms. The molecule has 25 heavy (non-hydrogen) atoms. The van der Waals surface area contributed by atoms with Gasteiger partial charge in [0, 0.05) is 29.8 Å². The van der Waals surface area contributed by atoms with Crippen LogP contribution in [-0.4, -0.2) is 16.7 Å². The van der Waals surface area contributed by atoms with Crippen molar-refractivity contribution in [3.63, 3.8) is 0 Å². The van der Waals surface area contributed by atoms with Gasteiger partial charge >= 0.3 is 6.03 Å². The molecular weight excluding hydrogens is 322 g/mol. The van der Waals surface area contributed by atoms with Crippen LogP contribution < -0.4 is 15.0 Å². The molecule has 0 aliphatic carbocycles. The summed E-state index contributed by atoms with van der Waals surface area (Å²) >= 11 is 0. The molecule has 2 atom stereocenters. The highest BCUT2D eigenvalue weighted by molar-refractivity contribution is 5.95. The van der Waals surface area contributed by atoms with Crippen LogP contribution in [0.25, 0.3) is 0 Å². The summed E-state index contributed by atoms with van der Waals surface area (Å²) < 4.78 is 6.14. The number of nitro groups is 1. The molecule has 7 nitrogen and oxygen atoms in total. The van der Waals surface area contributed by atoms with Crippen molar-refractivity contribution in [2.75, 3.05) is 4.90 Å². The Morgan fingerprint density at radius 3 is 2.84 bits per heavy atom. The minimum Gasteiger partial charge on any atom is -0.467 e. The Bertz CT molecular complexity index is 898. The zero-order chi connectivity index (χ0) is 17.8. The van der Waals surface area contributed by atoms with E-state index < -0.39 is 10.6 Å². The Hall–Kier alpha value is -3.09. The molecular formula is C18H17N3O4. The van der Waals surface area contributed by atoms with Gasteiger partial charge in [0.15, 0.2) is 5.72 Å². The van der Waals surface area contributed by atoms with Gasteiger partial charge in [0.2, 0.25) is 0 Å². The summed E-state index contributed by atoms with van der Waals surface area (Å²) in [6.45, 7) is 3.83. The molecule has 2 heterocycles. The molecule has 1 saturated heterocycles. The number of amides is 2. The van der Waals surface area contributed by atoms with Gasteiger partial charge in [-0.05, 0) is 37.6 Å². The average molecular weight is 339 g/mol. The predicted octanol–water partition coefficient (Wildman–Crippen LogP) is 3.67. The molecule has 0 radical (unpaired) electrons. The zero-order valence-corrected chi connectivity index (χ0v) is 13.9. The second kappa shape index (κ2) is 5.20. The molecule has 2 aromatic rings. The van der Waals surface area contributed by atoms with Gasteiger partial charge in [-0.2, -0.15) is 0 Å². The Morgan fingerprint density at radius 2 is 2.12 bits per heavy atom. The number of aryl methyl sites for hydroxylation is 1. The number of benzene rings is 2. The molecule has 7 heteroatoms. The third-order valence-corrected chi connectivity index (χ3v) is 4.73. The quantitative estimate of drug-likeness (QED) is 0.668. The summed E-state index contributed by atoms with van der Waals surface area (Å²) in [7, 11) is 0. The van der Waals surface area contributed by atoms with Crippen molar-refractivity contribution < 1.29 is 14.5 Å². The number of hydrogen-bond donors (Lipinski definition) is 1. The van der Waals surface area contributed by atoms with Crippen molar-refractivity contribution in [3.8, 4) is 5.75 Å². The number of nitrogens with zero attached hydrogens (tertiary/aromatic N) is 2. The number of nitrogens with one attached hydrogen (secondary N) is 1. The molecule has 0 aromatic heterocycles. The maximum Gasteiger partial charge on any atom is 0.325 e.